The number of carbonyl (C=O) groups excluding carboxylic acids is 1. The number of phenols is 2. The summed E-state index contributed by atoms with van der Waals surface area (Å²) < 4.78 is 33.0. The van der Waals surface area contributed by atoms with Crippen LogP contribution in [0.3, 0.4) is 0 Å². The van der Waals surface area contributed by atoms with Gasteiger partial charge in [0.1, 0.15) is 16.4 Å². The first-order valence-electron chi connectivity index (χ1n) is 13.7. The zero-order valence-corrected chi connectivity index (χ0v) is 23.8. The summed E-state index contributed by atoms with van der Waals surface area (Å²) >= 11 is 0. The van der Waals surface area contributed by atoms with Gasteiger partial charge in [0.2, 0.25) is 10.0 Å². The van der Waals surface area contributed by atoms with E-state index in [1.54, 1.807) is 23.4 Å². The highest BCUT2D eigenvalue weighted by Crippen LogP contribution is 2.42. The molecule has 1 fully saturated rings. The second kappa shape index (κ2) is 11.2. The maximum absolute atomic E-state index is 13.9. The van der Waals surface area contributed by atoms with E-state index >= 15 is 0 Å². The van der Waals surface area contributed by atoms with Crippen molar-refractivity contribution in [3.8, 4) is 22.8 Å². The number of amides is 1. The molecule has 2 aliphatic heterocycles. The van der Waals surface area contributed by atoms with Crippen molar-refractivity contribution < 1.29 is 28.2 Å². The quantitative estimate of drug-likeness (QED) is 0.355. The van der Waals surface area contributed by atoms with E-state index in [1.807, 2.05) is 37.3 Å². The molecule has 0 bridgehead atoms. The lowest BCUT2D eigenvalue weighted by molar-refractivity contribution is 0.0730. The number of benzene rings is 2. The fourth-order valence-electron chi connectivity index (χ4n) is 5.66. The lowest BCUT2D eigenvalue weighted by Crippen LogP contribution is -2.40. The maximum Gasteiger partial charge on any atom is 0.262 e. The number of sulfonamides is 1. The number of fused-ring (bicyclic) bond motifs is 1. The van der Waals surface area contributed by atoms with Crippen LogP contribution >= 0.6 is 0 Å². The summed E-state index contributed by atoms with van der Waals surface area (Å²) in [5.41, 5.74) is 4.74. The Labute approximate surface area is 243 Å². The second-order valence-corrected chi connectivity index (χ2v) is 12.4. The summed E-state index contributed by atoms with van der Waals surface area (Å²) in [6.45, 7) is 3.19. The largest absolute Gasteiger partial charge is 0.508 e. The Morgan fingerprint density at radius 3 is 2.55 bits per heavy atom. The van der Waals surface area contributed by atoms with Crippen molar-refractivity contribution >= 4 is 21.6 Å². The number of morpholine rings is 1. The number of aryl methyl sites for hydroxylation is 2. The van der Waals surface area contributed by atoms with Crippen molar-refractivity contribution in [2.75, 3.05) is 31.2 Å². The zero-order chi connectivity index (χ0) is 29.4. The molecule has 0 aliphatic carbocycles. The van der Waals surface area contributed by atoms with Crippen LogP contribution in [0.5, 0.6) is 11.5 Å². The van der Waals surface area contributed by atoms with Gasteiger partial charge in [-0.1, -0.05) is 12.1 Å². The summed E-state index contributed by atoms with van der Waals surface area (Å²) in [5.74, 6) is -0.842. The third kappa shape index (κ3) is 5.11. The van der Waals surface area contributed by atoms with E-state index in [0.717, 1.165) is 28.3 Å². The highest BCUT2D eigenvalue weighted by molar-refractivity contribution is 7.89. The molecular formula is C31H30N4O6S. The molecule has 1 atom stereocenters. The van der Waals surface area contributed by atoms with E-state index in [9.17, 15) is 23.4 Å². The highest BCUT2D eigenvalue weighted by atomic mass is 32.2. The SMILES string of the molecule is Cc1cc(S(=O)(=O)N2CCOCC2)cnc1-c1ccc2c(c1)CCC(c1cccnc1)N2C(=O)c1ccc(O)cc1O. The van der Waals surface area contributed by atoms with Gasteiger partial charge < -0.3 is 19.8 Å². The second-order valence-electron chi connectivity index (χ2n) is 10.4. The van der Waals surface area contributed by atoms with Crippen molar-refractivity contribution in [2.45, 2.75) is 30.7 Å². The zero-order valence-electron chi connectivity index (χ0n) is 23.0. The number of carbonyl (C=O) groups is 1. The van der Waals surface area contributed by atoms with Crippen LogP contribution in [0.4, 0.5) is 5.69 Å². The molecule has 0 saturated carbocycles. The maximum atomic E-state index is 13.9. The van der Waals surface area contributed by atoms with Crippen LogP contribution in [0.1, 0.15) is 39.5 Å². The number of pyridine rings is 2. The molecule has 10 nitrogen and oxygen atoms in total. The number of nitrogens with zero attached hydrogens (tertiary/aromatic N) is 4. The van der Waals surface area contributed by atoms with E-state index < -0.39 is 15.9 Å². The topological polar surface area (TPSA) is 133 Å². The predicted molar refractivity (Wildman–Crippen MR) is 156 cm³/mol. The van der Waals surface area contributed by atoms with E-state index in [1.165, 1.54) is 22.6 Å². The fourth-order valence-corrected chi connectivity index (χ4v) is 7.10. The van der Waals surface area contributed by atoms with Crippen LogP contribution in [0.15, 0.2) is 78.1 Å². The average Bonchev–Trinajstić information content (AvgIpc) is 3.00. The molecule has 1 saturated heterocycles. The van der Waals surface area contributed by atoms with Crippen molar-refractivity contribution in [1.82, 2.24) is 14.3 Å². The minimum atomic E-state index is -3.67. The number of aromatic nitrogens is 2. The molecule has 1 amide bonds. The average molecular weight is 587 g/mol. The molecule has 2 aromatic carbocycles. The third-order valence-corrected chi connectivity index (χ3v) is 9.64. The van der Waals surface area contributed by atoms with Gasteiger partial charge in [0, 0.05) is 49.0 Å². The van der Waals surface area contributed by atoms with Gasteiger partial charge in [-0.25, -0.2) is 8.42 Å². The molecule has 11 heteroatoms. The molecule has 4 heterocycles. The van der Waals surface area contributed by atoms with Crippen LogP contribution in [0.2, 0.25) is 0 Å². The smallest absolute Gasteiger partial charge is 0.262 e. The minimum absolute atomic E-state index is 0.0770. The molecule has 216 valence electrons. The lowest BCUT2D eigenvalue weighted by atomic mass is 9.89. The Balaban J connectivity index is 1.37. The van der Waals surface area contributed by atoms with Crippen molar-refractivity contribution in [2.24, 2.45) is 0 Å². The van der Waals surface area contributed by atoms with Crippen LogP contribution < -0.4 is 4.90 Å². The summed E-state index contributed by atoms with van der Waals surface area (Å²) in [6, 6.07) is 14.7. The van der Waals surface area contributed by atoms with Gasteiger partial charge >= 0.3 is 0 Å². The van der Waals surface area contributed by atoms with Crippen LogP contribution in [-0.2, 0) is 21.2 Å². The molecule has 2 aliphatic rings. The standard InChI is InChI=1S/C31H30N4O6S/c1-20-15-25(42(39,40)34-11-13-41-14-12-34)19-33-30(20)22-5-9-27-21(16-22)4-8-28(23-3-2-10-32-18-23)35(27)31(38)26-7-6-24(36)17-29(26)37/h2-3,5-7,9-10,15-19,28,36-37H,4,8,11-14H2,1H3. The van der Waals surface area contributed by atoms with Crippen molar-refractivity contribution in [3.63, 3.8) is 0 Å². The van der Waals surface area contributed by atoms with Gasteiger partial charge in [-0.2, -0.15) is 4.31 Å². The molecule has 0 spiro atoms. The number of phenolic OH excluding ortho intramolecular Hbond substituents is 2. The first kappa shape index (κ1) is 27.8. The van der Waals surface area contributed by atoms with E-state index in [0.29, 0.717) is 50.5 Å². The molecule has 1 unspecified atom stereocenters. The Morgan fingerprint density at radius 2 is 1.83 bits per heavy atom. The Hall–Kier alpha value is -4.32. The van der Waals surface area contributed by atoms with Crippen LogP contribution in [-0.4, -0.2) is 65.1 Å². The summed E-state index contributed by atoms with van der Waals surface area (Å²) in [6.07, 6.45) is 6.11. The third-order valence-electron chi connectivity index (χ3n) is 7.77. The fraction of sp³-hybridized carbons (Fsp3) is 0.258. The normalized spacial score (nSPS) is 17.5. The van der Waals surface area contributed by atoms with Gasteiger partial charge in [-0.3, -0.25) is 14.8 Å². The van der Waals surface area contributed by atoms with Gasteiger partial charge in [-0.15, -0.1) is 0 Å². The summed E-state index contributed by atoms with van der Waals surface area (Å²) in [5, 5.41) is 20.3. The van der Waals surface area contributed by atoms with Crippen molar-refractivity contribution in [3.05, 3.63) is 95.4 Å². The number of hydrogen-bond donors (Lipinski definition) is 2. The number of hydrogen-bond acceptors (Lipinski definition) is 8. The Kier molecular flexibility index (Phi) is 7.40. The Morgan fingerprint density at radius 1 is 1.02 bits per heavy atom. The van der Waals surface area contributed by atoms with Gasteiger partial charge in [0.05, 0.1) is 30.5 Å². The molecule has 6 rings (SSSR count). The van der Waals surface area contributed by atoms with E-state index in [2.05, 4.69) is 9.97 Å². The Bertz CT molecular complexity index is 1760. The molecule has 4 aromatic rings. The molecule has 42 heavy (non-hydrogen) atoms. The first-order valence-corrected chi connectivity index (χ1v) is 15.1. The van der Waals surface area contributed by atoms with Crippen LogP contribution in [0, 0.1) is 6.92 Å². The van der Waals surface area contributed by atoms with Gasteiger partial charge in [-0.05, 0) is 72.9 Å². The number of rotatable bonds is 5. The molecule has 2 N–H and O–H groups in total. The monoisotopic (exact) mass is 586 g/mol. The number of aromatic hydroxyl groups is 2. The van der Waals surface area contributed by atoms with Crippen LogP contribution in [0.25, 0.3) is 11.3 Å². The highest BCUT2D eigenvalue weighted by Gasteiger charge is 2.34. The van der Waals surface area contributed by atoms with Crippen molar-refractivity contribution in [1.29, 1.82) is 0 Å². The predicted octanol–water partition coefficient (Wildman–Crippen LogP) is 4.22. The summed E-state index contributed by atoms with van der Waals surface area (Å²) in [7, 11) is -3.67. The molecule has 0 radical (unpaired) electrons. The minimum Gasteiger partial charge on any atom is -0.508 e. The van der Waals surface area contributed by atoms with E-state index in [-0.39, 0.29) is 28.0 Å². The first-order chi connectivity index (χ1) is 20.2. The van der Waals surface area contributed by atoms with Gasteiger partial charge in [0.25, 0.3) is 5.91 Å². The lowest BCUT2D eigenvalue weighted by Gasteiger charge is -2.38. The summed E-state index contributed by atoms with van der Waals surface area (Å²) in [4.78, 5) is 24.6. The molecule has 2 aromatic heterocycles. The molecular weight excluding hydrogens is 556 g/mol. The number of ether oxygens (including phenoxy) is 1. The van der Waals surface area contributed by atoms with Gasteiger partial charge in [0.15, 0.2) is 0 Å². The number of anilines is 1. The van der Waals surface area contributed by atoms with E-state index in [4.69, 9.17) is 4.74 Å².